The van der Waals surface area contributed by atoms with Crippen LogP contribution in [0.1, 0.15) is 33.1 Å². The molecule has 1 heterocycles. The molecule has 3 atom stereocenters. The SMILES string of the molecule is CCC(C)[C@H](NS(=O)(=O)CC1CCCO1)C(=O)O. The minimum absolute atomic E-state index is 0.160. The van der Waals surface area contributed by atoms with Gasteiger partial charge in [0.2, 0.25) is 10.0 Å². The zero-order valence-electron chi connectivity index (χ0n) is 10.8. The fourth-order valence-corrected chi connectivity index (χ4v) is 3.48. The molecule has 2 N–H and O–H groups in total. The van der Waals surface area contributed by atoms with E-state index in [4.69, 9.17) is 9.84 Å². The van der Waals surface area contributed by atoms with Crippen LogP contribution in [0.3, 0.4) is 0 Å². The van der Waals surface area contributed by atoms with Crippen LogP contribution in [-0.2, 0) is 19.6 Å². The molecule has 0 aromatic rings. The Morgan fingerprint density at radius 1 is 1.56 bits per heavy atom. The lowest BCUT2D eigenvalue weighted by Gasteiger charge is -2.21. The first kappa shape index (κ1) is 15.4. The normalized spacial score (nSPS) is 23.8. The number of carboxylic acid groups (broad SMARTS) is 1. The van der Waals surface area contributed by atoms with E-state index in [0.717, 1.165) is 6.42 Å². The first-order chi connectivity index (χ1) is 8.35. The highest BCUT2D eigenvalue weighted by Crippen LogP contribution is 2.15. The Balaban J connectivity index is 2.63. The van der Waals surface area contributed by atoms with Crippen molar-refractivity contribution < 1.29 is 23.1 Å². The molecule has 1 rings (SSSR count). The molecule has 1 aliphatic rings. The maximum atomic E-state index is 11.9. The summed E-state index contributed by atoms with van der Waals surface area (Å²) in [7, 11) is -3.62. The Hall–Kier alpha value is -0.660. The quantitative estimate of drug-likeness (QED) is 0.711. The minimum Gasteiger partial charge on any atom is -0.480 e. The van der Waals surface area contributed by atoms with Gasteiger partial charge in [0.25, 0.3) is 0 Å². The van der Waals surface area contributed by atoms with E-state index in [1.165, 1.54) is 0 Å². The zero-order chi connectivity index (χ0) is 13.8. The molecule has 1 saturated heterocycles. The first-order valence-corrected chi connectivity index (χ1v) is 7.85. The van der Waals surface area contributed by atoms with E-state index in [2.05, 4.69) is 4.72 Å². The highest BCUT2D eigenvalue weighted by molar-refractivity contribution is 7.89. The monoisotopic (exact) mass is 279 g/mol. The fourth-order valence-electron chi connectivity index (χ4n) is 1.91. The zero-order valence-corrected chi connectivity index (χ0v) is 11.6. The Morgan fingerprint density at radius 2 is 2.22 bits per heavy atom. The van der Waals surface area contributed by atoms with E-state index >= 15 is 0 Å². The largest absolute Gasteiger partial charge is 0.480 e. The summed E-state index contributed by atoms with van der Waals surface area (Å²) in [5.41, 5.74) is 0. The van der Waals surface area contributed by atoms with Crippen molar-refractivity contribution in [2.75, 3.05) is 12.4 Å². The topological polar surface area (TPSA) is 92.7 Å². The third kappa shape index (κ3) is 4.55. The Bertz CT molecular complexity index is 375. The minimum atomic E-state index is -3.62. The van der Waals surface area contributed by atoms with Crippen LogP contribution in [-0.4, -0.2) is 44.0 Å². The summed E-state index contributed by atoms with van der Waals surface area (Å²) in [6.07, 6.45) is 1.85. The highest BCUT2D eigenvalue weighted by atomic mass is 32.2. The molecule has 7 heteroatoms. The van der Waals surface area contributed by atoms with Gasteiger partial charge in [-0.3, -0.25) is 4.79 Å². The summed E-state index contributed by atoms with van der Waals surface area (Å²) in [6, 6.07) is -1.07. The van der Waals surface area contributed by atoms with Gasteiger partial charge in [-0.05, 0) is 18.8 Å². The van der Waals surface area contributed by atoms with Gasteiger partial charge in [-0.25, -0.2) is 13.1 Å². The van der Waals surface area contributed by atoms with Gasteiger partial charge in [0.05, 0.1) is 11.9 Å². The molecular formula is C11H21NO5S. The number of nitrogens with one attached hydrogen (secondary N) is 1. The van der Waals surface area contributed by atoms with Crippen molar-refractivity contribution in [3.63, 3.8) is 0 Å². The summed E-state index contributed by atoms with van der Waals surface area (Å²) in [6.45, 7) is 4.12. The van der Waals surface area contributed by atoms with E-state index in [-0.39, 0.29) is 17.8 Å². The number of carboxylic acids is 1. The van der Waals surface area contributed by atoms with Crippen LogP contribution >= 0.6 is 0 Å². The molecule has 0 aromatic carbocycles. The molecule has 1 aliphatic heterocycles. The second kappa shape index (κ2) is 6.49. The Morgan fingerprint density at radius 3 is 2.67 bits per heavy atom. The van der Waals surface area contributed by atoms with Crippen molar-refractivity contribution >= 4 is 16.0 Å². The molecule has 0 saturated carbocycles. The average molecular weight is 279 g/mol. The number of ether oxygens (including phenoxy) is 1. The Kier molecular flexibility index (Phi) is 5.55. The highest BCUT2D eigenvalue weighted by Gasteiger charge is 2.31. The molecule has 0 aliphatic carbocycles. The van der Waals surface area contributed by atoms with E-state index < -0.39 is 22.0 Å². The molecular weight excluding hydrogens is 258 g/mol. The number of aliphatic carboxylic acids is 1. The number of hydrogen-bond acceptors (Lipinski definition) is 4. The lowest BCUT2D eigenvalue weighted by molar-refractivity contribution is -0.140. The smallest absolute Gasteiger partial charge is 0.322 e. The van der Waals surface area contributed by atoms with Crippen LogP contribution in [0.2, 0.25) is 0 Å². The van der Waals surface area contributed by atoms with E-state index in [9.17, 15) is 13.2 Å². The van der Waals surface area contributed by atoms with Crippen molar-refractivity contribution in [3.8, 4) is 0 Å². The van der Waals surface area contributed by atoms with Crippen molar-refractivity contribution in [2.24, 2.45) is 5.92 Å². The first-order valence-electron chi connectivity index (χ1n) is 6.20. The van der Waals surface area contributed by atoms with Gasteiger partial charge in [0, 0.05) is 6.61 Å². The Labute approximate surface area is 108 Å². The molecule has 0 aromatic heterocycles. The molecule has 2 unspecified atom stereocenters. The van der Waals surface area contributed by atoms with Crippen LogP contribution < -0.4 is 4.72 Å². The van der Waals surface area contributed by atoms with E-state index in [1.807, 2.05) is 6.92 Å². The van der Waals surface area contributed by atoms with Crippen molar-refractivity contribution in [1.82, 2.24) is 4.72 Å². The van der Waals surface area contributed by atoms with Crippen molar-refractivity contribution in [1.29, 1.82) is 0 Å². The van der Waals surface area contributed by atoms with Crippen LogP contribution in [0.25, 0.3) is 0 Å². The lowest BCUT2D eigenvalue weighted by Crippen LogP contribution is -2.47. The standard InChI is InChI=1S/C11H21NO5S/c1-3-8(2)10(11(13)14)12-18(15,16)7-9-5-4-6-17-9/h8-10,12H,3-7H2,1-2H3,(H,13,14)/t8?,9?,10-/m0/s1. The summed E-state index contributed by atoms with van der Waals surface area (Å²) in [4.78, 5) is 11.1. The number of sulfonamides is 1. The molecule has 106 valence electrons. The summed E-state index contributed by atoms with van der Waals surface area (Å²) >= 11 is 0. The van der Waals surface area contributed by atoms with Crippen molar-refractivity contribution in [2.45, 2.75) is 45.3 Å². The molecule has 1 fully saturated rings. The fraction of sp³-hybridized carbons (Fsp3) is 0.909. The van der Waals surface area contributed by atoms with Crippen LogP contribution in [0, 0.1) is 5.92 Å². The number of carbonyl (C=O) groups is 1. The van der Waals surface area contributed by atoms with Crippen LogP contribution in [0.15, 0.2) is 0 Å². The third-order valence-electron chi connectivity index (χ3n) is 3.21. The van der Waals surface area contributed by atoms with Crippen molar-refractivity contribution in [3.05, 3.63) is 0 Å². The second-order valence-corrected chi connectivity index (χ2v) is 6.53. The molecule has 0 radical (unpaired) electrons. The maximum Gasteiger partial charge on any atom is 0.322 e. The predicted octanol–water partition coefficient (Wildman–Crippen LogP) is 0.584. The second-order valence-electron chi connectivity index (χ2n) is 4.74. The molecule has 0 amide bonds. The van der Waals surface area contributed by atoms with Gasteiger partial charge in [0.15, 0.2) is 0 Å². The van der Waals surface area contributed by atoms with Gasteiger partial charge in [-0.2, -0.15) is 0 Å². The van der Waals surface area contributed by atoms with Gasteiger partial charge in [0.1, 0.15) is 6.04 Å². The number of hydrogen-bond donors (Lipinski definition) is 2. The lowest BCUT2D eigenvalue weighted by atomic mass is 10.0. The molecule has 6 nitrogen and oxygen atoms in total. The van der Waals surface area contributed by atoms with Gasteiger partial charge < -0.3 is 9.84 Å². The molecule has 0 bridgehead atoms. The number of rotatable bonds is 7. The van der Waals surface area contributed by atoms with E-state index in [0.29, 0.717) is 19.4 Å². The van der Waals surface area contributed by atoms with E-state index in [1.54, 1.807) is 6.92 Å². The summed E-state index contributed by atoms with van der Waals surface area (Å²) < 4.78 is 31.2. The molecule has 0 spiro atoms. The molecule has 18 heavy (non-hydrogen) atoms. The van der Waals surface area contributed by atoms with Gasteiger partial charge >= 0.3 is 5.97 Å². The van der Waals surface area contributed by atoms with Crippen LogP contribution in [0.4, 0.5) is 0 Å². The summed E-state index contributed by atoms with van der Waals surface area (Å²) in [5.74, 6) is -1.55. The van der Waals surface area contributed by atoms with Gasteiger partial charge in [-0.15, -0.1) is 0 Å². The maximum absolute atomic E-state index is 11.9. The van der Waals surface area contributed by atoms with Gasteiger partial charge in [-0.1, -0.05) is 20.3 Å². The van der Waals surface area contributed by atoms with Crippen LogP contribution in [0.5, 0.6) is 0 Å². The third-order valence-corrected chi connectivity index (χ3v) is 4.64. The predicted molar refractivity (Wildman–Crippen MR) is 66.8 cm³/mol. The average Bonchev–Trinajstić information content (AvgIpc) is 2.76. The summed E-state index contributed by atoms with van der Waals surface area (Å²) in [5, 5.41) is 9.04.